The number of aromatic carboxylic acids is 1. The van der Waals surface area contributed by atoms with Crippen molar-refractivity contribution in [2.45, 2.75) is 27.2 Å². The molecule has 0 aliphatic rings. The first-order chi connectivity index (χ1) is 17.7. The quantitative estimate of drug-likeness (QED) is 0.264. The van der Waals surface area contributed by atoms with Crippen molar-refractivity contribution in [2.24, 2.45) is 7.05 Å². The number of hydrogen-bond acceptors (Lipinski definition) is 5. The van der Waals surface area contributed by atoms with Gasteiger partial charge in [-0.2, -0.15) is 0 Å². The number of carbonyl (C=O) groups excluding carboxylic acids is 1. The number of rotatable bonds is 8. The lowest BCUT2D eigenvalue weighted by molar-refractivity contribution is 0.0695. The van der Waals surface area contributed by atoms with Crippen molar-refractivity contribution >= 4 is 45.1 Å². The van der Waals surface area contributed by atoms with Crippen LogP contribution < -0.4 is 10.2 Å². The summed E-state index contributed by atoms with van der Waals surface area (Å²) in [6, 6.07) is 16.8. The highest BCUT2D eigenvalue weighted by Crippen LogP contribution is 2.29. The number of benzene rings is 2. The Hall–Kier alpha value is -3.98. The Balaban J connectivity index is 1.59. The SMILES string of the molecule is CCc1ccccc1N(CC)C(=O)c1ccc(Nc2nccc(-c3cc(C(=O)O)c(Br)n3C)n2)c(C)c1. The van der Waals surface area contributed by atoms with Crippen LogP contribution in [0.5, 0.6) is 0 Å². The molecule has 0 radical (unpaired) electrons. The Morgan fingerprint density at radius 2 is 1.86 bits per heavy atom. The number of aryl methyl sites for hydroxylation is 2. The highest BCUT2D eigenvalue weighted by Gasteiger charge is 2.20. The van der Waals surface area contributed by atoms with Crippen molar-refractivity contribution in [1.82, 2.24) is 14.5 Å². The van der Waals surface area contributed by atoms with Crippen molar-refractivity contribution in [3.8, 4) is 11.4 Å². The number of nitrogens with one attached hydrogen (secondary N) is 1. The lowest BCUT2D eigenvalue weighted by Gasteiger charge is -2.24. The summed E-state index contributed by atoms with van der Waals surface area (Å²) in [4.78, 5) is 35.6. The number of carboxylic acids is 1. The van der Waals surface area contributed by atoms with Crippen LogP contribution in [0.25, 0.3) is 11.4 Å². The molecule has 0 unspecified atom stereocenters. The second-order valence-corrected chi connectivity index (χ2v) is 9.30. The highest BCUT2D eigenvalue weighted by atomic mass is 79.9. The van der Waals surface area contributed by atoms with Crippen molar-refractivity contribution in [2.75, 3.05) is 16.8 Å². The molecule has 37 heavy (non-hydrogen) atoms. The van der Waals surface area contributed by atoms with E-state index in [1.54, 1.807) is 40.9 Å². The fraction of sp³-hybridized carbons (Fsp3) is 0.214. The fourth-order valence-corrected chi connectivity index (χ4v) is 4.72. The Morgan fingerprint density at radius 3 is 2.51 bits per heavy atom. The molecular weight excluding hydrogens is 534 g/mol. The Labute approximate surface area is 224 Å². The van der Waals surface area contributed by atoms with Gasteiger partial charge in [0.2, 0.25) is 5.95 Å². The van der Waals surface area contributed by atoms with Gasteiger partial charge in [-0.3, -0.25) is 4.79 Å². The molecule has 8 nitrogen and oxygen atoms in total. The van der Waals surface area contributed by atoms with Gasteiger partial charge in [0, 0.05) is 36.7 Å². The average Bonchev–Trinajstić information content (AvgIpc) is 3.20. The van der Waals surface area contributed by atoms with E-state index in [2.05, 4.69) is 38.1 Å². The van der Waals surface area contributed by atoms with E-state index < -0.39 is 5.97 Å². The van der Waals surface area contributed by atoms with E-state index in [-0.39, 0.29) is 11.5 Å². The largest absolute Gasteiger partial charge is 0.478 e. The molecule has 0 saturated heterocycles. The number of carboxylic acid groups (broad SMARTS) is 1. The van der Waals surface area contributed by atoms with Gasteiger partial charge in [0.1, 0.15) is 0 Å². The maximum absolute atomic E-state index is 13.4. The van der Waals surface area contributed by atoms with Crippen LogP contribution in [-0.2, 0) is 13.5 Å². The van der Waals surface area contributed by atoms with Crippen molar-refractivity contribution < 1.29 is 14.7 Å². The predicted octanol–water partition coefficient (Wildman–Crippen LogP) is 6.22. The summed E-state index contributed by atoms with van der Waals surface area (Å²) in [6.07, 6.45) is 2.46. The molecule has 0 spiro atoms. The number of aromatic nitrogens is 3. The molecule has 0 saturated carbocycles. The van der Waals surface area contributed by atoms with Gasteiger partial charge < -0.3 is 19.9 Å². The van der Waals surface area contributed by atoms with Crippen LogP contribution in [0.2, 0.25) is 0 Å². The van der Waals surface area contributed by atoms with Gasteiger partial charge in [0.15, 0.2) is 0 Å². The minimum atomic E-state index is -1.02. The molecule has 4 aromatic rings. The summed E-state index contributed by atoms with van der Waals surface area (Å²) >= 11 is 3.33. The minimum absolute atomic E-state index is 0.0557. The van der Waals surface area contributed by atoms with Gasteiger partial charge in [-0.15, -0.1) is 0 Å². The van der Waals surface area contributed by atoms with E-state index in [0.717, 1.165) is 28.9 Å². The minimum Gasteiger partial charge on any atom is -0.478 e. The summed E-state index contributed by atoms with van der Waals surface area (Å²) < 4.78 is 2.18. The van der Waals surface area contributed by atoms with Gasteiger partial charge >= 0.3 is 5.97 Å². The molecule has 2 heterocycles. The third kappa shape index (κ3) is 5.27. The number of anilines is 3. The lowest BCUT2D eigenvalue weighted by Crippen LogP contribution is -2.31. The van der Waals surface area contributed by atoms with Crippen molar-refractivity contribution in [1.29, 1.82) is 0 Å². The molecule has 0 fully saturated rings. The van der Waals surface area contributed by atoms with E-state index in [4.69, 9.17) is 0 Å². The van der Waals surface area contributed by atoms with Crippen molar-refractivity contribution in [3.63, 3.8) is 0 Å². The van der Waals surface area contributed by atoms with Crippen LogP contribution in [-0.4, -0.2) is 38.1 Å². The van der Waals surface area contributed by atoms with Crippen LogP contribution in [0, 0.1) is 6.92 Å². The molecule has 0 aliphatic heterocycles. The predicted molar refractivity (Wildman–Crippen MR) is 149 cm³/mol. The molecule has 0 bridgehead atoms. The monoisotopic (exact) mass is 561 g/mol. The van der Waals surface area contributed by atoms with Crippen molar-refractivity contribution in [3.05, 3.63) is 87.7 Å². The van der Waals surface area contributed by atoms with Crippen LogP contribution >= 0.6 is 15.9 Å². The zero-order chi connectivity index (χ0) is 26.7. The molecule has 0 atom stereocenters. The van der Waals surface area contributed by atoms with Gasteiger partial charge in [-0.1, -0.05) is 25.1 Å². The third-order valence-corrected chi connectivity index (χ3v) is 7.21. The maximum Gasteiger partial charge on any atom is 0.338 e. The molecule has 1 amide bonds. The molecule has 190 valence electrons. The number of amides is 1. The van der Waals surface area contributed by atoms with Gasteiger partial charge in [0.25, 0.3) is 5.91 Å². The first kappa shape index (κ1) is 26.1. The smallest absolute Gasteiger partial charge is 0.338 e. The second kappa shape index (κ2) is 11.0. The Morgan fingerprint density at radius 1 is 1.11 bits per heavy atom. The molecule has 2 aromatic heterocycles. The lowest BCUT2D eigenvalue weighted by atomic mass is 10.1. The summed E-state index contributed by atoms with van der Waals surface area (Å²) in [5, 5.41) is 12.6. The first-order valence-corrected chi connectivity index (χ1v) is 12.7. The van der Waals surface area contributed by atoms with E-state index in [0.29, 0.717) is 34.0 Å². The van der Waals surface area contributed by atoms with E-state index in [1.807, 2.05) is 50.2 Å². The normalized spacial score (nSPS) is 10.8. The zero-order valence-electron chi connectivity index (χ0n) is 21.1. The summed E-state index contributed by atoms with van der Waals surface area (Å²) in [5.41, 5.74) is 5.67. The first-order valence-electron chi connectivity index (χ1n) is 11.9. The highest BCUT2D eigenvalue weighted by molar-refractivity contribution is 9.10. The van der Waals surface area contributed by atoms with Crippen LogP contribution in [0.15, 0.2) is 65.4 Å². The number of halogens is 1. The van der Waals surface area contributed by atoms with Crippen LogP contribution in [0.1, 0.15) is 45.7 Å². The number of para-hydroxylation sites is 1. The second-order valence-electron chi connectivity index (χ2n) is 8.55. The summed E-state index contributed by atoms with van der Waals surface area (Å²) in [5.74, 6) is -0.716. The van der Waals surface area contributed by atoms with Gasteiger partial charge in [-0.05, 0) is 83.7 Å². The van der Waals surface area contributed by atoms with E-state index in [9.17, 15) is 14.7 Å². The topological polar surface area (TPSA) is 100 Å². The van der Waals surface area contributed by atoms with E-state index >= 15 is 0 Å². The fourth-order valence-electron chi connectivity index (χ4n) is 4.25. The van der Waals surface area contributed by atoms with Crippen LogP contribution in [0.3, 0.4) is 0 Å². The maximum atomic E-state index is 13.4. The summed E-state index contributed by atoms with van der Waals surface area (Å²) in [6.45, 7) is 6.55. The number of hydrogen-bond donors (Lipinski definition) is 2. The average molecular weight is 562 g/mol. The van der Waals surface area contributed by atoms with Crippen LogP contribution in [0.4, 0.5) is 17.3 Å². The number of nitrogens with zero attached hydrogens (tertiary/aromatic N) is 4. The molecule has 4 rings (SSSR count). The summed E-state index contributed by atoms with van der Waals surface area (Å²) in [7, 11) is 1.76. The Bertz CT molecular complexity index is 1480. The standard InChI is InChI=1S/C28H28BrN5O3/c1-5-18-9-7-8-10-23(18)34(6-2)26(35)19-11-12-21(17(3)15-19)31-28-30-14-13-22(32-28)24-16-20(27(36)37)25(29)33(24)4/h7-16H,5-6H2,1-4H3,(H,36,37)(H,30,31,32). The molecule has 2 aromatic carbocycles. The van der Waals surface area contributed by atoms with Gasteiger partial charge in [-0.25, -0.2) is 14.8 Å². The molecular formula is C28H28BrN5O3. The van der Waals surface area contributed by atoms with Gasteiger partial charge in [0.05, 0.1) is 21.6 Å². The Kier molecular flexibility index (Phi) is 7.73. The molecule has 2 N–H and O–H groups in total. The molecule has 9 heteroatoms. The zero-order valence-corrected chi connectivity index (χ0v) is 22.7. The third-order valence-electron chi connectivity index (χ3n) is 6.25. The number of carbonyl (C=O) groups is 2. The molecule has 0 aliphatic carbocycles. The van der Waals surface area contributed by atoms with E-state index in [1.165, 1.54) is 0 Å².